The smallest absolute Gasteiger partial charge is 0.321 e. The van der Waals surface area contributed by atoms with Gasteiger partial charge in [-0.1, -0.05) is 0 Å². The molecule has 2 fully saturated rings. The van der Waals surface area contributed by atoms with Gasteiger partial charge in [-0.3, -0.25) is 32.8 Å². The molecule has 0 spiro atoms. The van der Waals surface area contributed by atoms with Crippen molar-refractivity contribution < 1.29 is 37.7 Å². The SMILES string of the molecule is Nc1nc2c(ncn2[C@]2(O[PH](=O)OC[C@H]3O[C@@H](n4cnc5c(=O)[nH]cnc54)[C@@H](F)[C@@H]3O)CO[C@H](CO)C2)c(=O)[nH]1. The van der Waals surface area contributed by atoms with Gasteiger partial charge in [0.15, 0.2) is 40.5 Å². The van der Waals surface area contributed by atoms with Crippen LogP contribution in [0.4, 0.5) is 10.3 Å². The van der Waals surface area contributed by atoms with Crippen LogP contribution < -0.4 is 16.9 Å². The Hall–Kier alpha value is -3.58. The Labute approximate surface area is 221 Å². The summed E-state index contributed by atoms with van der Waals surface area (Å²) in [5, 5.41) is 20.1. The highest BCUT2D eigenvalue weighted by atomic mass is 31.1. The topological polar surface area (TPSA) is 248 Å². The van der Waals surface area contributed by atoms with Gasteiger partial charge in [0.25, 0.3) is 11.1 Å². The lowest BCUT2D eigenvalue weighted by Gasteiger charge is -2.29. The summed E-state index contributed by atoms with van der Waals surface area (Å²) in [6.07, 6.45) is -3.49. The molecule has 0 amide bonds. The summed E-state index contributed by atoms with van der Waals surface area (Å²) in [6, 6.07) is 0. The van der Waals surface area contributed by atoms with E-state index in [2.05, 4.69) is 29.9 Å². The van der Waals surface area contributed by atoms with Crippen LogP contribution in [0.2, 0.25) is 0 Å². The van der Waals surface area contributed by atoms with Crippen molar-refractivity contribution in [2.75, 3.05) is 25.6 Å². The van der Waals surface area contributed by atoms with Crippen molar-refractivity contribution in [3.05, 3.63) is 39.7 Å². The van der Waals surface area contributed by atoms with Crippen LogP contribution in [0, 0.1) is 0 Å². The molecule has 4 aromatic rings. The van der Waals surface area contributed by atoms with Crippen LogP contribution in [0.3, 0.4) is 0 Å². The first kappa shape index (κ1) is 26.6. The third-order valence-corrected chi connectivity index (χ3v) is 7.68. The van der Waals surface area contributed by atoms with Gasteiger partial charge in [-0.15, -0.1) is 0 Å². The number of aliphatic hydroxyl groups is 2. The van der Waals surface area contributed by atoms with E-state index in [0.717, 1.165) is 12.7 Å². The first-order chi connectivity index (χ1) is 19.2. The summed E-state index contributed by atoms with van der Waals surface area (Å²) in [7, 11) is -3.41. The number of aliphatic hydroxyl groups excluding tert-OH is 2. The van der Waals surface area contributed by atoms with Crippen LogP contribution in [0.5, 0.6) is 0 Å². The maximum Gasteiger partial charge on any atom is 0.321 e. The van der Waals surface area contributed by atoms with E-state index < -0.39 is 62.4 Å². The monoisotopic (exact) mass is 583 g/mol. The second-order valence-electron chi connectivity index (χ2n) is 9.22. The van der Waals surface area contributed by atoms with E-state index in [0.29, 0.717) is 0 Å². The van der Waals surface area contributed by atoms with E-state index in [4.69, 9.17) is 24.3 Å². The van der Waals surface area contributed by atoms with Crippen molar-refractivity contribution in [1.82, 2.24) is 39.0 Å². The number of H-pyrrole nitrogens is 2. The lowest BCUT2D eigenvalue weighted by Crippen LogP contribution is -2.36. The molecule has 40 heavy (non-hydrogen) atoms. The maximum atomic E-state index is 15.0. The predicted octanol–water partition coefficient (Wildman–Crippen LogP) is -1.71. The number of anilines is 1. The summed E-state index contributed by atoms with van der Waals surface area (Å²) in [5.41, 5.74) is 2.96. The summed E-state index contributed by atoms with van der Waals surface area (Å²) in [4.78, 5) is 44.9. The molecular weight excluding hydrogens is 560 g/mol. The highest BCUT2D eigenvalue weighted by Crippen LogP contribution is 2.43. The fraction of sp³-hybridized carbons (Fsp3) is 0.500. The first-order valence-corrected chi connectivity index (χ1v) is 13.1. The Morgan fingerprint density at radius 3 is 2.77 bits per heavy atom. The van der Waals surface area contributed by atoms with Crippen LogP contribution in [0.1, 0.15) is 12.6 Å². The number of aromatic amines is 2. The van der Waals surface area contributed by atoms with Crippen molar-refractivity contribution in [1.29, 1.82) is 0 Å². The number of alkyl halides is 1. The molecule has 0 aromatic carbocycles. The minimum Gasteiger partial charge on any atom is -0.394 e. The van der Waals surface area contributed by atoms with Gasteiger partial charge in [0.1, 0.15) is 12.2 Å². The minimum atomic E-state index is -3.41. The number of imidazole rings is 2. The van der Waals surface area contributed by atoms with Crippen LogP contribution in [0.15, 0.2) is 28.6 Å². The minimum absolute atomic E-state index is 0.0138. The van der Waals surface area contributed by atoms with E-state index in [-0.39, 0.29) is 47.9 Å². The number of nitrogens with zero attached hydrogens (tertiary/aromatic N) is 6. The van der Waals surface area contributed by atoms with Gasteiger partial charge in [0.2, 0.25) is 5.95 Å². The van der Waals surface area contributed by atoms with Crippen molar-refractivity contribution >= 4 is 36.5 Å². The number of fused-ring (bicyclic) bond motifs is 2. The Morgan fingerprint density at radius 1 is 1.23 bits per heavy atom. The number of hydrogen-bond donors (Lipinski definition) is 5. The number of aromatic nitrogens is 8. The lowest BCUT2D eigenvalue weighted by molar-refractivity contribution is -0.0533. The van der Waals surface area contributed by atoms with Gasteiger partial charge < -0.3 is 34.9 Å². The molecule has 214 valence electrons. The highest BCUT2D eigenvalue weighted by molar-refractivity contribution is 7.33. The number of hydrogen-bond acceptors (Lipinski definition) is 14. The number of ether oxygens (including phenoxy) is 2. The number of nitrogens with one attached hydrogen (secondary N) is 2. The van der Waals surface area contributed by atoms with Gasteiger partial charge in [0.05, 0.1) is 44.9 Å². The maximum absolute atomic E-state index is 15.0. The lowest BCUT2D eigenvalue weighted by atomic mass is 10.1. The van der Waals surface area contributed by atoms with Crippen LogP contribution in [0.25, 0.3) is 22.3 Å². The van der Waals surface area contributed by atoms with Crippen molar-refractivity contribution in [2.45, 2.75) is 42.9 Å². The molecule has 0 aliphatic carbocycles. The average molecular weight is 583 g/mol. The molecule has 18 nitrogen and oxygen atoms in total. The van der Waals surface area contributed by atoms with Crippen molar-refractivity contribution in [3.8, 4) is 0 Å². The van der Waals surface area contributed by atoms with Gasteiger partial charge >= 0.3 is 8.25 Å². The van der Waals surface area contributed by atoms with E-state index in [1.807, 2.05) is 0 Å². The molecule has 6 heterocycles. The van der Waals surface area contributed by atoms with Gasteiger partial charge in [-0.05, 0) is 0 Å². The Kier molecular flexibility index (Phi) is 6.73. The fourth-order valence-corrected chi connectivity index (χ4v) is 5.71. The highest BCUT2D eigenvalue weighted by Gasteiger charge is 2.48. The van der Waals surface area contributed by atoms with E-state index >= 15 is 4.39 Å². The van der Waals surface area contributed by atoms with E-state index in [1.165, 1.54) is 15.5 Å². The summed E-state index contributed by atoms with van der Waals surface area (Å²) in [6.45, 7) is -1.12. The van der Waals surface area contributed by atoms with Crippen LogP contribution >= 0.6 is 8.25 Å². The van der Waals surface area contributed by atoms with Crippen LogP contribution in [-0.4, -0.2) is 93.6 Å². The quantitative estimate of drug-likeness (QED) is 0.145. The molecule has 7 atom stereocenters. The Bertz CT molecular complexity index is 1710. The molecule has 2 aliphatic heterocycles. The zero-order valence-corrected chi connectivity index (χ0v) is 21.3. The molecule has 1 unspecified atom stereocenters. The number of nitrogen functional groups attached to an aromatic ring is 1. The summed E-state index contributed by atoms with van der Waals surface area (Å²) < 4.78 is 52.8. The zero-order chi connectivity index (χ0) is 28.2. The Balaban J connectivity index is 1.20. The standard InChI is InChI=1S/C20H23FN9O9P/c21-10-13(32)9(38-18(10)29-6-25-11-14(29)23-5-24-16(11)33)3-37-40(35)39-20(1-8(2-31)36-4-20)30-7-26-12-15(30)27-19(22)28-17(12)34/h5-10,13,18,31-32,40H,1-4H2,(H,23,24,33)(H3,22,27,28,34)/t8-,9+,10-,13+,18+,20+/m0/s1. The number of halogens is 1. The van der Waals surface area contributed by atoms with Gasteiger partial charge in [0, 0.05) is 6.42 Å². The molecule has 6 rings (SSSR count). The normalized spacial score (nSPS) is 29.5. The molecule has 6 N–H and O–H groups in total. The zero-order valence-electron chi connectivity index (χ0n) is 20.3. The second kappa shape index (κ2) is 10.1. The summed E-state index contributed by atoms with van der Waals surface area (Å²) in [5.74, 6) is -0.191. The Morgan fingerprint density at radius 2 is 2.00 bits per heavy atom. The summed E-state index contributed by atoms with van der Waals surface area (Å²) >= 11 is 0. The second-order valence-corrected chi connectivity index (χ2v) is 10.2. The molecule has 2 aliphatic rings. The fourth-order valence-electron chi connectivity index (χ4n) is 4.80. The largest absolute Gasteiger partial charge is 0.394 e. The molecule has 0 saturated carbocycles. The number of nitrogens with two attached hydrogens (primary N) is 1. The van der Waals surface area contributed by atoms with Gasteiger partial charge in [-0.2, -0.15) is 4.98 Å². The van der Waals surface area contributed by atoms with E-state index in [1.54, 1.807) is 0 Å². The molecule has 20 heteroatoms. The van der Waals surface area contributed by atoms with Gasteiger partial charge in [-0.25, -0.2) is 19.3 Å². The number of rotatable bonds is 8. The van der Waals surface area contributed by atoms with Crippen LogP contribution in [-0.2, 0) is 28.8 Å². The van der Waals surface area contributed by atoms with Crippen molar-refractivity contribution in [2.24, 2.45) is 0 Å². The van der Waals surface area contributed by atoms with E-state index in [9.17, 15) is 24.4 Å². The third-order valence-electron chi connectivity index (χ3n) is 6.73. The molecule has 4 aromatic heterocycles. The first-order valence-electron chi connectivity index (χ1n) is 11.9. The molecule has 0 bridgehead atoms. The molecule has 0 radical (unpaired) electrons. The predicted molar refractivity (Wildman–Crippen MR) is 131 cm³/mol. The van der Waals surface area contributed by atoms with Crippen molar-refractivity contribution in [3.63, 3.8) is 0 Å². The average Bonchev–Trinajstić information content (AvgIpc) is 3.70. The molecule has 2 saturated heterocycles. The molecular formula is C20H23FN9O9P. The third kappa shape index (κ3) is 4.40.